The van der Waals surface area contributed by atoms with Crippen LogP contribution in [0.1, 0.15) is 11.4 Å². The molecule has 0 aliphatic carbocycles. The van der Waals surface area contributed by atoms with Crippen molar-refractivity contribution in [2.75, 3.05) is 0 Å². The van der Waals surface area contributed by atoms with Gasteiger partial charge in [-0.05, 0) is 82.6 Å². The van der Waals surface area contributed by atoms with E-state index in [4.69, 9.17) is 34.9 Å². The molecule has 0 radical (unpaired) electrons. The van der Waals surface area contributed by atoms with Gasteiger partial charge in [0.15, 0.2) is 34.9 Å². The SMILES string of the molecule is Cc1cc(-c2c(-c3cccc(-c4nc(-c5ccccc5)nc(-c5ccccc5)n4)c3)cccc2-c2cccc(-c3nc(-c4ccccc4)nc(-c4ccc(-c5ccccc5)cc4)n3)c2)cc(C)n1. The van der Waals surface area contributed by atoms with Crippen molar-refractivity contribution in [2.45, 2.75) is 13.8 Å². The van der Waals surface area contributed by atoms with Crippen LogP contribution in [0.5, 0.6) is 0 Å². The summed E-state index contributed by atoms with van der Waals surface area (Å²) in [5, 5.41) is 0. The maximum absolute atomic E-state index is 5.15. The summed E-state index contributed by atoms with van der Waals surface area (Å²) in [7, 11) is 0. The van der Waals surface area contributed by atoms with Crippen LogP contribution in [-0.2, 0) is 0 Å². The zero-order valence-corrected chi connectivity index (χ0v) is 37.5. The molecule has 7 heteroatoms. The number of rotatable bonds is 10. The highest BCUT2D eigenvalue weighted by Crippen LogP contribution is 2.42. The molecule has 0 saturated heterocycles. The van der Waals surface area contributed by atoms with E-state index < -0.39 is 0 Å². The second-order valence-electron chi connectivity index (χ2n) is 16.7. The first kappa shape index (κ1) is 41.6. The first-order valence-electron chi connectivity index (χ1n) is 22.6. The standard InChI is InChI=1S/C61H43N7/c1-40-36-52(37-41(2)62-40)55-53(48-26-15-28-50(38-48)60-65-56(44-20-9-4-10-21-44)63-57(66-60)45-22-11-5-12-23-45)30-17-31-54(55)49-27-16-29-51(39-49)61-67-58(46-24-13-6-14-25-46)64-59(68-61)47-34-32-43(33-35-47)42-18-7-3-8-19-42/h3-39H,1-2H3. The fourth-order valence-electron chi connectivity index (χ4n) is 8.71. The van der Waals surface area contributed by atoms with E-state index in [1.165, 1.54) is 0 Å². The number of hydrogen-bond donors (Lipinski definition) is 0. The molecule has 0 bridgehead atoms. The van der Waals surface area contributed by atoms with Crippen LogP contribution in [0.15, 0.2) is 224 Å². The average molecular weight is 874 g/mol. The third kappa shape index (κ3) is 8.72. The van der Waals surface area contributed by atoms with Gasteiger partial charge < -0.3 is 0 Å². The second-order valence-corrected chi connectivity index (χ2v) is 16.7. The van der Waals surface area contributed by atoms with E-state index in [1.807, 2.05) is 111 Å². The molecule has 0 aliphatic heterocycles. The van der Waals surface area contributed by atoms with Crippen LogP contribution in [0.3, 0.4) is 0 Å². The molecular weight excluding hydrogens is 831 g/mol. The highest BCUT2D eigenvalue weighted by atomic mass is 15.0. The molecule has 0 aliphatic rings. The number of nitrogens with zero attached hydrogens (tertiary/aromatic N) is 7. The Morgan fingerprint density at radius 1 is 0.206 bits per heavy atom. The first-order chi connectivity index (χ1) is 33.5. The van der Waals surface area contributed by atoms with Gasteiger partial charge in [0, 0.05) is 44.8 Å². The van der Waals surface area contributed by atoms with Gasteiger partial charge in [-0.15, -0.1) is 0 Å². The number of aryl methyl sites for hydroxylation is 2. The minimum absolute atomic E-state index is 0.589. The number of hydrogen-bond acceptors (Lipinski definition) is 7. The van der Waals surface area contributed by atoms with E-state index >= 15 is 0 Å². The summed E-state index contributed by atoms with van der Waals surface area (Å²) in [6.45, 7) is 4.10. The topological polar surface area (TPSA) is 90.2 Å². The molecule has 0 saturated carbocycles. The number of aromatic nitrogens is 7. The second kappa shape index (κ2) is 18.4. The summed E-state index contributed by atoms with van der Waals surface area (Å²) in [4.78, 5) is 35.1. The Kier molecular flexibility index (Phi) is 11.3. The summed E-state index contributed by atoms with van der Waals surface area (Å²) in [6, 6.07) is 76.9. The fraction of sp³-hybridized carbons (Fsp3) is 0.0328. The monoisotopic (exact) mass is 873 g/mol. The Labute approximate surface area is 395 Å². The van der Waals surface area contributed by atoms with Crippen LogP contribution in [0.25, 0.3) is 113 Å². The average Bonchev–Trinajstić information content (AvgIpc) is 3.41. The molecule has 0 N–H and O–H groups in total. The summed E-state index contributed by atoms with van der Waals surface area (Å²) in [5.41, 5.74) is 15.9. The molecule has 3 aromatic heterocycles. The maximum Gasteiger partial charge on any atom is 0.164 e. The van der Waals surface area contributed by atoms with E-state index in [2.05, 4.69) is 127 Å². The van der Waals surface area contributed by atoms with Crippen molar-refractivity contribution in [2.24, 2.45) is 0 Å². The quantitative estimate of drug-likeness (QED) is 0.135. The Morgan fingerprint density at radius 2 is 0.485 bits per heavy atom. The van der Waals surface area contributed by atoms with Crippen LogP contribution in [0.4, 0.5) is 0 Å². The molecular formula is C61H43N7. The molecule has 11 rings (SSSR count). The lowest BCUT2D eigenvalue weighted by Gasteiger charge is -2.18. The third-order valence-electron chi connectivity index (χ3n) is 11.9. The van der Waals surface area contributed by atoms with E-state index in [-0.39, 0.29) is 0 Å². The summed E-state index contributed by atoms with van der Waals surface area (Å²) in [6.07, 6.45) is 0. The molecule has 8 aromatic carbocycles. The minimum atomic E-state index is 0.589. The van der Waals surface area contributed by atoms with Gasteiger partial charge in [-0.3, -0.25) is 4.98 Å². The molecule has 7 nitrogen and oxygen atoms in total. The Morgan fingerprint density at radius 3 is 0.882 bits per heavy atom. The first-order valence-corrected chi connectivity index (χ1v) is 22.6. The number of pyridine rings is 1. The van der Waals surface area contributed by atoms with Crippen LogP contribution in [-0.4, -0.2) is 34.9 Å². The van der Waals surface area contributed by atoms with Gasteiger partial charge >= 0.3 is 0 Å². The molecule has 11 aromatic rings. The third-order valence-corrected chi connectivity index (χ3v) is 11.9. The predicted molar refractivity (Wildman–Crippen MR) is 275 cm³/mol. The van der Waals surface area contributed by atoms with Gasteiger partial charge in [0.1, 0.15) is 0 Å². The normalized spacial score (nSPS) is 11.1. The summed E-state index contributed by atoms with van der Waals surface area (Å²) < 4.78 is 0. The van der Waals surface area contributed by atoms with E-state index in [1.54, 1.807) is 0 Å². The molecule has 322 valence electrons. The predicted octanol–water partition coefficient (Wildman–Crippen LogP) is 14.7. The van der Waals surface area contributed by atoms with Gasteiger partial charge in [0.2, 0.25) is 0 Å². The van der Waals surface area contributed by atoms with Crippen molar-refractivity contribution < 1.29 is 0 Å². The Balaban J connectivity index is 1.04. The maximum atomic E-state index is 5.15. The zero-order chi connectivity index (χ0) is 45.8. The van der Waals surface area contributed by atoms with Gasteiger partial charge in [-0.25, -0.2) is 29.9 Å². The molecule has 0 fully saturated rings. The minimum Gasteiger partial charge on any atom is -0.258 e. The van der Waals surface area contributed by atoms with Crippen molar-refractivity contribution in [1.29, 1.82) is 0 Å². The largest absolute Gasteiger partial charge is 0.258 e. The lowest BCUT2D eigenvalue weighted by Crippen LogP contribution is -2.00. The molecule has 0 amide bonds. The van der Waals surface area contributed by atoms with Crippen molar-refractivity contribution in [1.82, 2.24) is 34.9 Å². The van der Waals surface area contributed by atoms with Gasteiger partial charge in [-0.2, -0.15) is 0 Å². The van der Waals surface area contributed by atoms with Crippen molar-refractivity contribution in [3.8, 4) is 113 Å². The lowest BCUT2D eigenvalue weighted by atomic mass is 9.86. The lowest BCUT2D eigenvalue weighted by molar-refractivity contribution is 1.07. The van der Waals surface area contributed by atoms with Crippen molar-refractivity contribution in [3.05, 3.63) is 236 Å². The van der Waals surface area contributed by atoms with Crippen molar-refractivity contribution >= 4 is 0 Å². The molecule has 0 unspecified atom stereocenters. The summed E-state index contributed by atoms with van der Waals surface area (Å²) >= 11 is 0. The zero-order valence-electron chi connectivity index (χ0n) is 37.5. The van der Waals surface area contributed by atoms with E-state index in [0.29, 0.717) is 34.9 Å². The smallest absolute Gasteiger partial charge is 0.164 e. The van der Waals surface area contributed by atoms with Crippen molar-refractivity contribution in [3.63, 3.8) is 0 Å². The molecule has 68 heavy (non-hydrogen) atoms. The molecule has 3 heterocycles. The van der Waals surface area contributed by atoms with E-state index in [0.717, 1.165) is 89.3 Å². The molecule has 0 atom stereocenters. The highest BCUT2D eigenvalue weighted by Gasteiger charge is 2.19. The van der Waals surface area contributed by atoms with Crippen LogP contribution < -0.4 is 0 Å². The van der Waals surface area contributed by atoms with Gasteiger partial charge in [-0.1, -0.05) is 200 Å². The highest BCUT2D eigenvalue weighted by molar-refractivity contribution is 5.96. The van der Waals surface area contributed by atoms with Crippen LogP contribution in [0.2, 0.25) is 0 Å². The van der Waals surface area contributed by atoms with Gasteiger partial charge in [0.25, 0.3) is 0 Å². The van der Waals surface area contributed by atoms with Crippen LogP contribution in [0, 0.1) is 13.8 Å². The Hall–Kier alpha value is -9.07. The van der Waals surface area contributed by atoms with Gasteiger partial charge in [0.05, 0.1) is 0 Å². The number of benzene rings is 8. The summed E-state index contributed by atoms with van der Waals surface area (Å²) in [5.74, 6) is 3.64. The fourth-order valence-corrected chi connectivity index (χ4v) is 8.71. The molecule has 0 spiro atoms. The van der Waals surface area contributed by atoms with Crippen LogP contribution >= 0.6 is 0 Å². The van der Waals surface area contributed by atoms with E-state index in [9.17, 15) is 0 Å². The Bertz CT molecular complexity index is 3480.